The molecule has 1 fully saturated rings. The number of anilines is 2. The van der Waals surface area contributed by atoms with Gasteiger partial charge in [0, 0.05) is 25.6 Å². The van der Waals surface area contributed by atoms with Gasteiger partial charge >= 0.3 is 0 Å². The predicted molar refractivity (Wildman–Crippen MR) is 60.4 cm³/mol. The lowest BCUT2D eigenvalue weighted by Crippen LogP contribution is -2.13. The van der Waals surface area contributed by atoms with E-state index in [9.17, 15) is 0 Å². The van der Waals surface area contributed by atoms with Gasteiger partial charge in [-0.3, -0.25) is 0 Å². The summed E-state index contributed by atoms with van der Waals surface area (Å²) < 4.78 is 10.8. The Morgan fingerprint density at radius 2 is 2.50 bits per heavy atom. The van der Waals surface area contributed by atoms with Crippen molar-refractivity contribution in [3.8, 4) is 5.88 Å². The van der Waals surface area contributed by atoms with Crippen LogP contribution in [0, 0.1) is 5.92 Å². The average molecular weight is 224 g/mol. The van der Waals surface area contributed by atoms with Gasteiger partial charge in [-0.25, -0.2) is 0 Å². The molecule has 1 unspecified atom stereocenters. The smallest absolute Gasteiger partial charge is 0.225 e. The zero-order chi connectivity index (χ0) is 11.4. The Balaban J connectivity index is 1.94. The van der Waals surface area contributed by atoms with E-state index >= 15 is 0 Å². The lowest BCUT2D eigenvalue weighted by Gasteiger charge is -2.10. The second-order valence-electron chi connectivity index (χ2n) is 3.74. The van der Waals surface area contributed by atoms with Crippen molar-refractivity contribution in [2.45, 2.75) is 6.42 Å². The number of ether oxygens (including phenoxy) is 2. The van der Waals surface area contributed by atoms with Gasteiger partial charge in [-0.15, -0.1) is 0 Å². The molecule has 0 bridgehead atoms. The number of rotatable bonds is 4. The van der Waals surface area contributed by atoms with E-state index in [-0.39, 0.29) is 5.95 Å². The summed E-state index contributed by atoms with van der Waals surface area (Å²) in [6.07, 6.45) is 1.04. The highest BCUT2D eigenvalue weighted by molar-refractivity contribution is 5.42. The summed E-state index contributed by atoms with van der Waals surface area (Å²) in [5.74, 6) is 1.83. The van der Waals surface area contributed by atoms with E-state index in [4.69, 9.17) is 15.2 Å². The predicted octanol–water partition coefficient (Wildman–Crippen LogP) is 0.516. The summed E-state index contributed by atoms with van der Waals surface area (Å²) in [4.78, 5) is 7.99. The average Bonchev–Trinajstić information content (AvgIpc) is 2.78. The number of nitrogens with zero attached hydrogens (tertiary/aromatic N) is 2. The monoisotopic (exact) mass is 224 g/mol. The lowest BCUT2D eigenvalue weighted by molar-refractivity contribution is 0.165. The highest BCUT2D eigenvalue weighted by atomic mass is 16.5. The van der Waals surface area contributed by atoms with Crippen LogP contribution in [0.15, 0.2) is 6.07 Å². The first kappa shape index (κ1) is 10.9. The molecule has 88 valence electrons. The molecule has 6 heteroatoms. The Labute approximate surface area is 94.2 Å². The highest BCUT2D eigenvalue weighted by Crippen LogP contribution is 2.17. The SMILES string of the molecule is CNc1cc(OCC2CCOC2)nc(N)n1. The number of hydrogen-bond acceptors (Lipinski definition) is 6. The van der Waals surface area contributed by atoms with E-state index in [0.717, 1.165) is 19.6 Å². The van der Waals surface area contributed by atoms with Gasteiger partial charge in [0.1, 0.15) is 5.82 Å². The zero-order valence-electron chi connectivity index (χ0n) is 9.27. The third kappa shape index (κ3) is 2.73. The number of hydrogen-bond donors (Lipinski definition) is 2. The first-order chi connectivity index (χ1) is 7.78. The molecule has 0 amide bonds. The highest BCUT2D eigenvalue weighted by Gasteiger charge is 2.16. The van der Waals surface area contributed by atoms with Gasteiger partial charge in [-0.1, -0.05) is 0 Å². The van der Waals surface area contributed by atoms with Crippen LogP contribution in [0.1, 0.15) is 6.42 Å². The summed E-state index contributed by atoms with van der Waals surface area (Å²) in [7, 11) is 1.77. The molecule has 1 aliphatic heterocycles. The molecule has 3 N–H and O–H groups in total. The summed E-state index contributed by atoms with van der Waals surface area (Å²) in [5, 5.41) is 2.90. The second kappa shape index (κ2) is 4.98. The molecule has 1 atom stereocenters. The molecule has 0 spiro atoms. The van der Waals surface area contributed by atoms with E-state index in [1.54, 1.807) is 13.1 Å². The van der Waals surface area contributed by atoms with Gasteiger partial charge in [0.15, 0.2) is 0 Å². The summed E-state index contributed by atoms with van der Waals surface area (Å²) >= 11 is 0. The minimum Gasteiger partial charge on any atom is -0.477 e. The van der Waals surface area contributed by atoms with E-state index in [1.807, 2.05) is 0 Å². The van der Waals surface area contributed by atoms with Crippen LogP contribution in [0.5, 0.6) is 5.88 Å². The minimum absolute atomic E-state index is 0.213. The normalized spacial score (nSPS) is 19.7. The van der Waals surface area contributed by atoms with Crippen LogP contribution in [0.3, 0.4) is 0 Å². The van der Waals surface area contributed by atoms with E-state index < -0.39 is 0 Å². The first-order valence-corrected chi connectivity index (χ1v) is 5.31. The molecule has 0 aromatic carbocycles. The number of nitrogen functional groups attached to an aromatic ring is 1. The van der Waals surface area contributed by atoms with Crippen LogP contribution in [0.4, 0.5) is 11.8 Å². The van der Waals surface area contributed by atoms with Crippen molar-refractivity contribution in [2.24, 2.45) is 5.92 Å². The third-order valence-electron chi connectivity index (χ3n) is 2.47. The molecule has 1 saturated heterocycles. The van der Waals surface area contributed by atoms with Crippen molar-refractivity contribution in [1.82, 2.24) is 9.97 Å². The molecule has 0 saturated carbocycles. The van der Waals surface area contributed by atoms with Gasteiger partial charge in [-0.2, -0.15) is 9.97 Å². The molecule has 0 radical (unpaired) electrons. The Kier molecular flexibility index (Phi) is 3.40. The van der Waals surface area contributed by atoms with Gasteiger partial charge < -0.3 is 20.5 Å². The maximum Gasteiger partial charge on any atom is 0.225 e. The van der Waals surface area contributed by atoms with Crippen LogP contribution in [0.2, 0.25) is 0 Å². The van der Waals surface area contributed by atoms with Crippen molar-refractivity contribution in [1.29, 1.82) is 0 Å². The van der Waals surface area contributed by atoms with Crippen molar-refractivity contribution in [3.63, 3.8) is 0 Å². The van der Waals surface area contributed by atoms with Crippen LogP contribution < -0.4 is 15.8 Å². The Morgan fingerprint density at radius 3 is 3.19 bits per heavy atom. The summed E-state index contributed by atoms with van der Waals surface area (Å²) in [5.41, 5.74) is 5.55. The molecular weight excluding hydrogens is 208 g/mol. The number of nitrogens with one attached hydrogen (secondary N) is 1. The molecule has 16 heavy (non-hydrogen) atoms. The number of nitrogens with two attached hydrogens (primary N) is 1. The molecule has 1 aromatic rings. The molecule has 2 rings (SSSR count). The molecule has 1 aromatic heterocycles. The number of aromatic nitrogens is 2. The second-order valence-corrected chi connectivity index (χ2v) is 3.74. The Bertz CT molecular complexity index is 353. The van der Waals surface area contributed by atoms with Crippen LogP contribution in [-0.4, -0.2) is 36.8 Å². The van der Waals surface area contributed by atoms with E-state index in [2.05, 4.69) is 15.3 Å². The van der Waals surface area contributed by atoms with Crippen molar-refractivity contribution >= 4 is 11.8 Å². The lowest BCUT2D eigenvalue weighted by atomic mass is 10.1. The van der Waals surface area contributed by atoms with Crippen molar-refractivity contribution < 1.29 is 9.47 Å². The topological polar surface area (TPSA) is 82.3 Å². The third-order valence-corrected chi connectivity index (χ3v) is 2.47. The zero-order valence-corrected chi connectivity index (χ0v) is 9.27. The fourth-order valence-electron chi connectivity index (χ4n) is 1.56. The van der Waals surface area contributed by atoms with Gasteiger partial charge in [0.2, 0.25) is 11.8 Å². The molecule has 6 nitrogen and oxygen atoms in total. The molecule has 0 aliphatic carbocycles. The van der Waals surface area contributed by atoms with E-state index in [0.29, 0.717) is 24.2 Å². The van der Waals surface area contributed by atoms with Crippen LogP contribution in [0.25, 0.3) is 0 Å². The van der Waals surface area contributed by atoms with Crippen LogP contribution in [-0.2, 0) is 4.74 Å². The molecule has 1 aliphatic rings. The largest absolute Gasteiger partial charge is 0.477 e. The van der Waals surface area contributed by atoms with Gasteiger partial charge in [0.25, 0.3) is 0 Å². The maximum absolute atomic E-state index is 5.56. The standard InChI is InChI=1S/C10H16N4O2/c1-12-8-4-9(14-10(11)13-8)16-6-7-2-3-15-5-7/h4,7H,2-3,5-6H2,1H3,(H3,11,12,13,14). The van der Waals surface area contributed by atoms with Gasteiger partial charge in [0.05, 0.1) is 13.2 Å². The van der Waals surface area contributed by atoms with Gasteiger partial charge in [-0.05, 0) is 6.42 Å². The summed E-state index contributed by atoms with van der Waals surface area (Å²) in [6.45, 7) is 2.20. The Hall–Kier alpha value is -1.56. The fraction of sp³-hybridized carbons (Fsp3) is 0.600. The fourth-order valence-corrected chi connectivity index (χ4v) is 1.56. The maximum atomic E-state index is 5.56. The minimum atomic E-state index is 0.213. The quantitative estimate of drug-likeness (QED) is 0.775. The molecular formula is C10H16N4O2. The molecule has 2 heterocycles. The summed E-state index contributed by atoms with van der Waals surface area (Å²) in [6, 6.07) is 1.73. The van der Waals surface area contributed by atoms with Crippen molar-refractivity contribution in [2.75, 3.05) is 37.9 Å². The first-order valence-electron chi connectivity index (χ1n) is 5.31. The Morgan fingerprint density at radius 1 is 1.62 bits per heavy atom. The van der Waals surface area contributed by atoms with E-state index in [1.165, 1.54) is 0 Å². The van der Waals surface area contributed by atoms with Crippen molar-refractivity contribution in [3.05, 3.63) is 6.07 Å². The van der Waals surface area contributed by atoms with Crippen LogP contribution >= 0.6 is 0 Å².